The Morgan fingerprint density at radius 2 is 1.53 bits per heavy atom. The van der Waals surface area contributed by atoms with E-state index in [1.165, 1.54) is 52.5 Å². The fraction of sp³-hybridized carbons (Fsp3) is 0.400. The zero-order chi connectivity index (χ0) is 28.0. The highest BCUT2D eigenvalue weighted by atomic mass is 19.1. The van der Waals surface area contributed by atoms with Gasteiger partial charge in [-0.25, -0.2) is 9.37 Å². The Hall–Kier alpha value is -3.20. The standard InChI is InChI=1S/C28H27FN2.C5H12.C2H6/c1-6-17(3)21-8-7-9-23-22-11-10-20(29)14-24(22)31-25(15-30-28(31)27(21)23)26-18(4)12-16(2)13-19(26)5;1-3-5-4-2;1-2/h7-15,17H,6H2,1-5H3;3-5H2,1-2H3;1-2H3. The van der Waals surface area contributed by atoms with Gasteiger partial charge in [0.2, 0.25) is 0 Å². The SMILES string of the molecule is CC.CCC(C)c1cccc2c3ccc(F)cc3n3c(-c4c(C)cc(C)cc4C)cnc3c12.CCCCC. The van der Waals surface area contributed by atoms with Gasteiger partial charge in [-0.05, 0) is 73.4 Å². The summed E-state index contributed by atoms with van der Waals surface area (Å²) in [6.45, 7) is 19.3. The second-order valence-corrected chi connectivity index (χ2v) is 10.2. The number of pyridine rings is 1. The van der Waals surface area contributed by atoms with Crippen LogP contribution in [0, 0.1) is 26.6 Å². The zero-order valence-electron chi connectivity index (χ0n) is 24.9. The largest absolute Gasteiger partial charge is 0.292 e. The number of imidazole rings is 1. The highest BCUT2D eigenvalue weighted by Crippen LogP contribution is 2.39. The molecule has 0 aliphatic rings. The van der Waals surface area contributed by atoms with Crippen molar-refractivity contribution in [3.63, 3.8) is 0 Å². The molecule has 0 aliphatic heterocycles. The van der Waals surface area contributed by atoms with Crippen molar-refractivity contribution in [2.75, 3.05) is 0 Å². The van der Waals surface area contributed by atoms with Crippen LogP contribution in [0.2, 0.25) is 0 Å². The topological polar surface area (TPSA) is 17.3 Å². The van der Waals surface area contributed by atoms with Gasteiger partial charge in [-0.15, -0.1) is 0 Å². The Bertz CT molecular complexity index is 1500. The van der Waals surface area contributed by atoms with Crippen molar-refractivity contribution >= 4 is 27.3 Å². The molecule has 0 saturated heterocycles. The van der Waals surface area contributed by atoms with E-state index in [1.54, 1.807) is 12.1 Å². The van der Waals surface area contributed by atoms with Crippen LogP contribution in [-0.4, -0.2) is 9.38 Å². The summed E-state index contributed by atoms with van der Waals surface area (Å²) in [7, 11) is 0. The van der Waals surface area contributed by atoms with Crippen LogP contribution in [-0.2, 0) is 0 Å². The maximum atomic E-state index is 14.4. The van der Waals surface area contributed by atoms with Gasteiger partial charge in [0.05, 0.1) is 17.4 Å². The molecule has 1 atom stereocenters. The fourth-order valence-corrected chi connectivity index (χ4v) is 5.48. The van der Waals surface area contributed by atoms with Gasteiger partial charge in [0.1, 0.15) is 11.5 Å². The first-order valence-electron chi connectivity index (χ1n) is 14.4. The molecule has 0 bridgehead atoms. The van der Waals surface area contributed by atoms with Crippen LogP contribution in [0.3, 0.4) is 0 Å². The van der Waals surface area contributed by atoms with Crippen molar-refractivity contribution in [3.05, 3.63) is 82.8 Å². The maximum absolute atomic E-state index is 14.4. The zero-order valence-corrected chi connectivity index (χ0v) is 24.9. The lowest BCUT2D eigenvalue weighted by Crippen LogP contribution is -2.00. The van der Waals surface area contributed by atoms with Crippen LogP contribution in [0.25, 0.3) is 38.6 Å². The molecule has 202 valence electrons. The van der Waals surface area contributed by atoms with Gasteiger partial charge in [-0.1, -0.05) is 96.7 Å². The Kier molecular flexibility index (Phi) is 10.1. The number of aryl methyl sites for hydroxylation is 3. The van der Waals surface area contributed by atoms with Crippen molar-refractivity contribution in [3.8, 4) is 11.3 Å². The number of aromatic nitrogens is 2. The fourth-order valence-electron chi connectivity index (χ4n) is 5.48. The lowest BCUT2D eigenvalue weighted by atomic mass is 9.92. The van der Waals surface area contributed by atoms with E-state index in [0.29, 0.717) is 5.92 Å². The third kappa shape index (κ3) is 5.62. The number of unbranched alkanes of at least 4 members (excludes halogenated alkanes) is 2. The summed E-state index contributed by atoms with van der Waals surface area (Å²) in [4.78, 5) is 4.93. The van der Waals surface area contributed by atoms with Gasteiger partial charge in [-0.3, -0.25) is 4.40 Å². The first-order valence-corrected chi connectivity index (χ1v) is 14.4. The van der Waals surface area contributed by atoms with Gasteiger partial charge < -0.3 is 0 Å². The molecule has 0 fully saturated rings. The highest BCUT2D eigenvalue weighted by Gasteiger charge is 2.20. The Morgan fingerprint density at radius 1 is 0.868 bits per heavy atom. The van der Waals surface area contributed by atoms with Crippen molar-refractivity contribution in [2.45, 2.75) is 93.9 Å². The van der Waals surface area contributed by atoms with E-state index in [9.17, 15) is 4.39 Å². The van der Waals surface area contributed by atoms with Gasteiger partial charge >= 0.3 is 0 Å². The molecule has 2 heterocycles. The molecular formula is C35H45FN2. The Labute approximate surface area is 228 Å². The number of hydrogen-bond acceptors (Lipinski definition) is 1. The van der Waals surface area contributed by atoms with E-state index in [0.717, 1.165) is 34.1 Å². The van der Waals surface area contributed by atoms with Crippen LogP contribution in [0.1, 0.15) is 95.4 Å². The van der Waals surface area contributed by atoms with Crippen molar-refractivity contribution < 1.29 is 4.39 Å². The molecule has 0 N–H and O–H groups in total. The molecule has 0 aliphatic carbocycles. The van der Waals surface area contributed by atoms with Gasteiger partial charge in [0.15, 0.2) is 0 Å². The number of benzene rings is 3. The van der Waals surface area contributed by atoms with E-state index in [1.807, 2.05) is 26.1 Å². The lowest BCUT2D eigenvalue weighted by molar-refractivity contribution is 0.629. The van der Waals surface area contributed by atoms with E-state index in [2.05, 4.69) is 83.2 Å². The predicted octanol–water partition coefficient (Wildman–Crippen LogP) is 11.1. The van der Waals surface area contributed by atoms with Crippen LogP contribution >= 0.6 is 0 Å². The molecule has 5 rings (SSSR count). The third-order valence-electron chi connectivity index (χ3n) is 7.36. The normalized spacial score (nSPS) is 11.7. The molecule has 3 aromatic carbocycles. The van der Waals surface area contributed by atoms with Gasteiger partial charge in [-0.2, -0.15) is 0 Å². The van der Waals surface area contributed by atoms with E-state index >= 15 is 0 Å². The monoisotopic (exact) mass is 512 g/mol. The van der Waals surface area contributed by atoms with Crippen LogP contribution < -0.4 is 0 Å². The van der Waals surface area contributed by atoms with E-state index in [4.69, 9.17) is 4.98 Å². The number of nitrogens with zero attached hydrogens (tertiary/aromatic N) is 2. The Morgan fingerprint density at radius 3 is 2.11 bits per heavy atom. The minimum atomic E-state index is -0.233. The number of rotatable bonds is 5. The minimum absolute atomic E-state index is 0.233. The smallest absolute Gasteiger partial charge is 0.145 e. The van der Waals surface area contributed by atoms with E-state index < -0.39 is 0 Å². The first kappa shape index (κ1) is 29.4. The Balaban J connectivity index is 0.000000515. The molecule has 2 aromatic heterocycles. The van der Waals surface area contributed by atoms with Crippen LogP contribution in [0.15, 0.2) is 54.7 Å². The first-order chi connectivity index (χ1) is 18.3. The molecule has 3 heteroatoms. The van der Waals surface area contributed by atoms with Crippen LogP contribution in [0.4, 0.5) is 4.39 Å². The third-order valence-corrected chi connectivity index (χ3v) is 7.36. The molecule has 38 heavy (non-hydrogen) atoms. The average Bonchev–Trinajstić information content (AvgIpc) is 3.34. The van der Waals surface area contributed by atoms with E-state index in [-0.39, 0.29) is 5.82 Å². The minimum Gasteiger partial charge on any atom is -0.292 e. The average molecular weight is 513 g/mol. The lowest BCUT2D eigenvalue weighted by Gasteiger charge is -2.18. The summed E-state index contributed by atoms with van der Waals surface area (Å²) >= 11 is 0. The van der Waals surface area contributed by atoms with Gasteiger partial charge in [0.25, 0.3) is 0 Å². The van der Waals surface area contributed by atoms with Crippen molar-refractivity contribution in [1.29, 1.82) is 0 Å². The van der Waals surface area contributed by atoms with Crippen molar-refractivity contribution in [2.24, 2.45) is 0 Å². The molecular weight excluding hydrogens is 467 g/mol. The van der Waals surface area contributed by atoms with Gasteiger partial charge in [0, 0.05) is 16.3 Å². The second-order valence-electron chi connectivity index (χ2n) is 10.2. The summed E-state index contributed by atoms with van der Waals surface area (Å²) < 4.78 is 16.6. The summed E-state index contributed by atoms with van der Waals surface area (Å²) in [6, 6.07) is 16.0. The number of hydrogen-bond donors (Lipinski definition) is 0. The molecule has 0 saturated carbocycles. The molecule has 1 unspecified atom stereocenters. The second kappa shape index (κ2) is 13.0. The molecule has 2 nitrogen and oxygen atoms in total. The molecule has 0 amide bonds. The summed E-state index contributed by atoms with van der Waals surface area (Å²) in [5, 5.41) is 3.36. The molecule has 0 spiro atoms. The number of halogens is 1. The van der Waals surface area contributed by atoms with Crippen LogP contribution in [0.5, 0.6) is 0 Å². The van der Waals surface area contributed by atoms with Crippen molar-refractivity contribution in [1.82, 2.24) is 9.38 Å². The summed E-state index contributed by atoms with van der Waals surface area (Å²) in [6.07, 6.45) is 7.08. The predicted molar refractivity (Wildman–Crippen MR) is 165 cm³/mol. The summed E-state index contributed by atoms with van der Waals surface area (Å²) in [5.74, 6) is 0.177. The maximum Gasteiger partial charge on any atom is 0.145 e. The number of fused-ring (bicyclic) bond motifs is 6. The molecule has 5 aromatic rings. The highest BCUT2D eigenvalue weighted by molar-refractivity contribution is 6.13. The quantitative estimate of drug-likeness (QED) is 0.214. The molecule has 0 radical (unpaired) electrons. The summed E-state index contributed by atoms with van der Waals surface area (Å²) in [5.41, 5.74) is 8.90.